The standard InChI is InChI=1S/C23H34N4O2/c1-4-27(5-2)14-13-21(28)24-18-9-11-19(12-10-18)25-23(29)20-15-17-8-6-7-16(3)22(17)26-20/h6-8,15,18-19,26H,4-5,9-14H2,1-3H3,(H,24,28)(H,25,29)/t18-,19-. The molecule has 0 spiro atoms. The number of amides is 2. The lowest BCUT2D eigenvalue weighted by molar-refractivity contribution is -0.122. The van der Waals surface area contributed by atoms with Gasteiger partial charge in [0.15, 0.2) is 0 Å². The number of aromatic nitrogens is 1. The van der Waals surface area contributed by atoms with Crippen molar-refractivity contribution in [2.24, 2.45) is 0 Å². The van der Waals surface area contributed by atoms with Crippen molar-refractivity contribution >= 4 is 22.7 Å². The van der Waals surface area contributed by atoms with Crippen LogP contribution in [0.3, 0.4) is 0 Å². The van der Waals surface area contributed by atoms with E-state index in [1.54, 1.807) is 0 Å². The Bertz CT molecular complexity index is 833. The molecule has 1 aliphatic carbocycles. The summed E-state index contributed by atoms with van der Waals surface area (Å²) in [5.41, 5.74) is 2.77. The van der Waals surface area contributed by atoms with Crippen LogP contribution in [0.5, 0.6) is 0 Å². The minimum atomic E-state index is -0.0488. The monoisotopic (exact) mass is 398 g/mol. The fraction of sp³-hybridized carbons (Fsp3) is 0.565. The Morgan fingerprint density at radius 2 is 1.72 bits per heavy atom. The second-order valence-electron chi connectivity index (χ2n) is 8.09. The zero-order chi connectivity index (χ0) is 20.8. The summed E-state index contributed by atoms with van der Waals surface area (Å²) in [7, 11) is 0. The highest BCUT2D eigenvalue weighted by Crippen LogP contribution is 2.21. The average molecular weight is 399 g/mol. The van der Waals surface area contributed by atoms with E-state index >= 15 is 0 Å². The molecule has 6 heteroatoms. The first-order valence-electron chi connectivity index (χ1n) is 10.9. The van der Waals surface area contributed by atoms with E-state index in [1.165, 1.54) is 0 Å². The predicted molar refractivity (Wildman–Crippen MR) is 117 cm³/mol. The fourth-order valence-electron chi connectivity index (χ4n) is 4.17. The Labute approximate surface area is 173 Å². The highest BCUT2D eigenvalue weighted by molar-refractivity contribution is 5.98. The van der Waals surface area contributed by atoms with E-state index in [1.807, 2.05) is 31.2 Å². The number of aryl methyl sites for hydroxylation is 1. The number of carbonyl (C=O) groups is 2. The molecule has 29 heavy (non-hydrogen) atoms. The van der Waals surface area contributed by atoms with Gasteiger partial charge in [-0.2, -0.15) is 0 Å². The average Bonchev–Trinajstić information content (AvgIpc) is 3.16. The molecule has 3 N–H and O–H groups in total. The number of carbonyl (C=O) groups excluding carboxylic acids is 2. The van der Waals surface area contributed by atoms with Crippen LogP contribution in [0.1, 0.15) is 62.0 Å². The third-order valence-electron chi connectivity index (χ3n) is 6.09. The minimum Gasteiger partial charge on any atom is -0.353 e. The molecule has 158 valence electrons. The summed E-state index contributed by atoms with van der Waals surface area (Å²) >= 11 is 0. The van der Waals surface area contributed by atoms with Gasteiger partial charge < -0.3 is 20.5 Å². The summed E-state index contributed by atoms with van der Waals surface area (Å²) in [6.45, 7) is 9.04. The van der Waals surface area contributed by atoms with Gasteiger partial charge >= 0.3 is 0 Å². The normalized spacial score (nSPS) is 19.4. The molecule has 1 saturated carbocycles. The van der Waals surface area contributed by atoms with Crippen LogP contribution < -0.4 is 10.6 Å². The number of hydrogen-bond donors (Lipinski definition) is 3. The molecule has 1 aromatic carbocycles. The first-order chi connectivity index (χ1) is 14.0. The minimum absolute atomic E-state index is 0.0488. The number of nitrogens with one attached hydrogen (secondary N) is 3. The number of hydrogen-bond acceptors (Lipinski definition) is 3. The summed E-state index contributed by atoms with van der Waals surface area (Å²) in [4.78, 5) is 30.3. The molecule has 0 bridgehead atoms. The molecule has 0 unspecified atom stereocenters. The second-order valence-corrected chi connectivity index (χ2v) is 8.09. The highest BCUT2D eigenvalue weighted by atomic mass is 16.2. The van der Waals surface area contributed by atoms with Gasteiger partial charge in [-0.25, -0.2) is 0 Å². The van der Waals surface area contributed by atoms with Crippen molar-refractivity contribution in [2.45, 2.75) is 65.0 Å². The molecule has 6 nitrogen and oxygen atoms in total. The van der Waals surface area contributed by atoms with Crippen molar-refractivity contribution in [2.75, 3.05) is 19.6 Å². The largest absolute Gasteiger partial charge is 0.353 e. The third-order valence-corrected chi connectivity index (χ3v) is 6.09. The lowest BCUT2D eigenvalue weighted by Gasteiger charge is -2.29. The van der Waals surface area contributed by atoms with E-state index in [4.69, 9.17) is 0 Å². The van der Waals surface area contributed by atoms with E-state index < -0.39 is 0 Å². The fourth-order valence-corrected chi connectivity index (χ4v) is 4.17. The quantitative estimate of drug-likeness (QED) is 0.638. The maximum Gasteiger partial charge on any atom is 0.267 e. The number of rotatable bonds is 8. The summed E-state index contributed by atoms with van der Waals surface area (Å²) in [5.74, 6) is 0.0881. The lowest BCUT2D eigenvalue weighted by Crippen LogP contribution is -2.44. The first-order valence-corrected chi connectivity index (χ1v) is 10.9. The van der Waals surface area contributed by atoms with E-state index in [0.29, 0.717) is 12.1 Å². The van der Waals surface area contributed by atoms with Crippen LogP contribution in [-0.2, 0) is 4.79 Å². The van der Waals surface area contributed by atoms with Gasteiger partial charge in [-0.1, -0.05) is 32.0 Å². The molecule has 0 saturated heterocycles. The zero-order valence-electron chi connectivity index (χ0n) is 17.9. The summed E-state index contributed by atoms with van der Waals surface area (Å²) in [5, 5.41) is 7.38. The predicted octanol–water partition coefficient (Wildman–Crippen LogP) is 3.37. The number of para-hydroxylation sites is 1. The number of nitrogens with zero attached hydrogens (tertiary/aromatic N) is 1. The highest BCUT2D eigenvalue weighted by Gasteiger charge is 2.24. The van der Waals surface area contributed by atoms with Gasteiger partial charge in [0.2, 0.25) is 5.91 Å². The molecule has 2 amide bonds. The molecule has 0 atom stereocenters. The van der Waals surface area contributed by atoms with E-state index in [0.717, 1.165) is 61.8 Å². The number of fused-ring (bicyclic) bond motifs is 1. The zero-order valence-corrected chi connectivity index (χ0v) is 17.9. The van der Waals surface area contributed by atoms with Crippen molar-refractivity contribution in [3.8, 4) is 0 Å². The topological polar surface area (TPSA) is 77.2 Å². The van der Waals surface area contributed by atoms with Crippen LogP contribution in [0, 0.1) is 6.92 Å². The first kappa shape index (κ1) is 21.4. The number of aromatic amines is 1. The van der Waals surface area contributed by atoms with Crippen LogP contribution in [0.2, 0.25) is 0 Å². The Balaban J connectivity index is 1.44. The van der Waals surface area contributed by atoms with Crippen molar-refractivity contribution in [3.63, 3.8) is 0 Å². The summed E-state index contributed by atoms with van der Waals surface area (Å²) < 4.78 is 0. The molecule has 1 heterocycles. The molecule has 1 aromatic heterocycles. The van der Waals surface area contributed by atoms with Gasteiger partial charge in [0.05, 0.1) is 0 Å². The molecule has 3 rings (SSSR count). The molecular weight excluding hydrogens is 364 g/mol. The third kappa shape index (κ3) is 5.60. The molecular formula is C23H34N4O2. The van der Waals surface area contributed by atoms with Crippen LogP contribution in [-0.4, -0.2) is 53.4 Å². The Hall–Kier alpha value is -2.34. The van der Waals surface area contributed by atoms with Gasteiger partial charge in [-0.15, -0.1) is 0 Å². The van der Waals surface area contributed by atoms with Gasteiger partial charge in [-0.05, 0) is 57.3 Å². The molecule has 0 radical (unpaired) electrons. The summed E-state index contributed by atoms with van der Waals surface area (Å²) in [6, 6.07) is 8.37. The van der Waals surface area contributed by atoms with Gasteiger partial charge in [0.25, 0.3) is 5.91 Å². The van der Waals surface area contributed by atoms with Gasteiger partial charge in [0.1, 0.15) is 5.69 Å². The van der Waals surface area contributed by atoms with Crippen LogP contribution in [0.15, 0.2) is 24.3 Å². The van der Waals surface area contributed by atoms with Crippen LogP contribution in [0.4, 0.5) is 0 Å². The van der Waals surface area contributed by atoms with Gasteiger partial charge in [-0.3, -0.25) is 9.59 Å². The van der Waals surface area contributed by atoms with Crippen LogP contribution >= 0.6 is 0 Å². The lowest BCUT2D eigenvalue weighted by atomic mass is 9.91. The molecule has 2 aromatic rings. The van der Waals surface area contributed by atoms with Gasteiger partial charge in [0, 0.05) is 36.0 Å². The van der Waals surface area contributed by atoms with E-state index in [9.17, 15) is 9.59 Å². The SMILES string of the molecule is CCN(CC)CCC(=O)N[C@H]1CC[C@H](NC(=O)c2cc3cccc(C)c3[nH]2)CC1. The van der Waals surface area contributed by atoms with E-state index in [-0.39, 0.29) is 23.9 Å². The Morgan fingerprint density at radius 3 is 2.34 bits per heavy atom. The second kappa shape index (κ2) is 9.92. The Kier molecular flexibility index (Phi) is 7.31. The maximum absolute atomic E-state index is 12.6. The number of H-pyrrole nitrogens is 1. The molecule has 1 fully saturated rings. The summed E-state index contributed by atoms with van der Waals surface area (Å²) in [6.07, 6.45) is 4.16. The maximum atomic E-state index is 12.6. The number of benzene rings is 1. The van der Waals surface area contributed by atoms with Crippen molar-refractivity contribution in [3.05, 3.63) is 35.5 Å². The Morgan fingerprint density at radius 1 is 1.07 bits per heavy atom. The smallest absolute Gasteiger partial charge is 0.267 e. The van der Waals surface area contributed by atoms with Crippen molar-refractivity contribution in [1.29, 1.82) is 0 Å². The van der Waals surface area contributed by atoms with E-state index in [2.05, 4.69) is 34.4 Å². The molecule has 1 aliphatic rings. The van der Waals surface area contributed by atoms with Crippen molar-refractivity contribution in [1.82, 2.24) is 20.5 Å². The molecule has 0 aliphatic heterocycles. The van der Waals surface area contributed by atoms with Crippen LogP contribution in [0.25, 0.3) is 10.9 Å². The van der Waals surface area contributed by atoms with Crippen molar-refractivity contribution < 1.29 is 9.59 Å².